The molecule has 0 aliphatic carbocycles. The zero-order valence-corrected chi connectivity index (χ0v) is 11.9. The molecule has 0 spiro atoms. The highest BCUT2D eigenvalue weighted by Gasteiger charge is 2.10. The third kappa shape index (κ3) is 2.94. The largest absolute Gasteiger partial charge is 0.374 e. The molecule has 0 aliphatic rings. The number of hydrogen-bond donors (Lipinski definition) is 0. The van der Waals surface area contributed by atoms with Crippen molar-refractivity contribution in [3.8, 4) is 0 Å². The Kier molecular flexibility index (Phi) is 3.76. The molecule has 1 aromatic carbocycles. The van der Waals surface area contributed by atoms with Crippen LogP contribution in [0.1, 0.15) is 33.3 Å². The fourth-order valence-corrected chi connectivity index (χ4v) is 2.26. The maximum atomic E-state index is 5.80. The highest BCUT2D eigenvalue weighted by atomic mass is 16.5. The fraction of sp³-hybridized carbons (Fsp3) is 0.500. The van der Waals surface area contributed by atoms with Crippen LogP contribution in [0.5, 0.6) is 0 Å². The van der Waals surface area contributed by atoms with Gasteiger partial charge in [-0.25, -0.2) is 0 Å². The van der Waals surface area contributed by atoms with Gasteiger partial charge in [-0.05, 0) is 44.2 Å². The predicted molar refractivity (Wildman–Crippen MR) is 77.0 cm³/mol. The summed E-state index contributed by atoms with van der Waals surface area (Å²) in [5, 5.41) is 1.32. The third-order valence-corrected chi connectivity index (χ3v) is 3.12. The van der Waals surface area contributed by atoms with Gasteiger partial charge in [-0.15, -0.1) is 0 Å². The van der Waals surface area contributed by atoms with Crippen LogP contribution in [-0.4, -0.2) is 16.8 Å². The lowest BCUT2D eigenvalue weighted by Gasteiger charge is -2.20. The number of aromatic nitrogens is 1. The number of rotatable bonds is 4. The van der Waals surface area contributed by atoms with E-state index in [1.54, 1.807) is 0 Å². The summed E-state index contributed by atoms with van der Waals surface area (Å²) >= 11 is 0. The Morgan fingerprint density at radius 1 is 1.17 bits per heavy atom. The van der Waals surface area contributed by atoms with Gasteiger partial charge in [-0.3, -0.25) is 0 Å². The van der Waals surface area contributed by atoms with E-state index in [2.05, 4.69) is 62.7 Å². The van der Waals surface area contributed by atoms with Gasteiger partial charge < -0.3 is 9.30 Å². The second kappa shape index (κ2) is 5.15. The summed E-state index contributed by atoms with van der Waals surface area (Å²) in [4.78, 5) is 0. The average Bonchev–Trinajstić information content (AvgIpc) is 2.71. The summed E-state index contributed by atoms with van der Waals surface area (Å²) in [6, 6.07) is 8.71. The first kappa shape index (κ1) is 13.2. The van der Waals surface area contributed by atoms with Crippen LogP contribution in [0.15, 0.2) is 30.5 Å². The molecule has 98 valence electrons. The Morgan fingerprint density at radius 2 is 1.94 bits per heavy atom. The van der Waals surface area contributed by atoms with Crippen LogP contribution in [0.2, 0.25) is 0 Å². The molecule has 0 saturated heterocycles. The van der Waals surface area contributed by atoms with Crippen molar-refractivity contribution in [1.82, 2.24) is 4.57 Å². The molecule has 0 N–H and O–H groups in total. The van der Waals surface area contributed by atoms with E-state index in [4.69, 9.17) is 4.74 Å². The fourth-order valence-electron chi connectivity index (χ4n) is 2.26. The van der Waals surface area contributed by atoms with Crippen LogP contribution in [0.25, 0.3) is 10.9 Å². The number of aryl methyl sites for hydroxylation is 1. The van der Waals surface area contributed by atoms with Crippen LogP contribution >= 0.6 is 0 Å². The third-order valence-electron chi connectivity index (χ3n) is 3.12. The summed E-state index contributed by atoms with van der Waals surface area (Å²) in [6.07, 6.45) is 3.23. The van der Waals surface area contributed by atoms with E-state index < -0.39 is 0 Å². The molecule has 18 heavy (non-hydrogen) atoms. The van der Waals surface area contributed by atoms with Gasteiger partial charge in [-0.2, -0.15) is 0 Å². The Hall–Kier alpha value is -1.28. The van der Waals surface area contributed by atoms with Crippen molar-refractivity contribution in [2.75, 3.05) is 6.61 Å². The molecule has 0 fully saturated rings. The smallest absolute Gasteiger partial charge is 0.0652 e. The molecule has 1 heterocycles. The minimum absolute atomic E-state index is 0.0590. The summed E-state index contributed by atoms with van der Waals surface area (Å²) in [5.41, 5.74) is 2.71. The van der Waals surface area contributed by atoms with Crippen LogP contribution in [0, 0.1) is 0 Å². The van der Waals surface area contributed by atoms with Crippen molar-refractivity contribution >= 4 is 10.9 Å². The summed E-state index contributed by atoms with van der Waals surface area (Å²) in [6.45, 7) is 10.2. The minimum Gasteiger partial charge on any atom is -0.374 e. The Balaban J connectivity index is 2.18. The molecule has 1 aromatic heterocycles. The lowest BCUT2D eigenvalue weighted by Crippen LogP contribution is -2.21. The van der Waals surface area contributed by atoms with Crippen LogP contribution in [0.4, 0.5) is 0 Å². The lowest BCUT2D eigenvalue weighted by molar-refractivity contribution is -0.00645. The van der Waals surface area contributed by atoms with Gasteiger partial charge in [-0.1, -0.05) is 25.1 Å². The lowest BCUT2D eigenvalue weighted by atomic mass is 10.1. The van der Waals surface area contributed by atoms with Gasteiger partial charge in [0.1, 0.15) is 0 Å². The van der Waals surface area contributed by atoms with Gasteiger partial charge in [0.05, 0.1) is 17.7 Å². The van der Waals surface area contributed by atoms with Crippen LogP contribution in [-0.2, 0) is 17.7 Å². The molecule has 0 bridgehead atoms. The zero-order valence-electron chi connectivity index (χ0n) is 11.9. The van der Waals surface area contributed by atoms with Crippen molar-refractivity contribution < 1.29 is 4.74 Å². The summed E-state index contributed by atoms with van der Waals surface area (Å²) < 4.78 is 8.11. The Morgan fingerprint density at radius 3 is 2.61 bits per heavy atom. The number of para-hydroxylation sites is 1. The van der Waals surface area contributed by atoms with Gasteiger partial charge in [0.15, 0.2) is 0 Å². The maximum Gasteiger partial charge on any atom is 0.0652 e. The van der Waals surface area contributed by atoms with E-state index in [0.717, 1.165) is 19.6 Å². The van der Waals surface area contributed by atoms with E-state index in [1.165, 1.54) is 16.5 Å². The van der Waals surface area contributed by atoms with Gasteiger partial charge >= 0.3 is 0 Å². The highest BCUT2D eigenvalue weighted by Crippen LogP contribution is 2.21. The van der Waals surface area contributed by atoms with E-state index in [9.17, 15) is 0 Å². The van der Waals surface area contributed by atoms with Crippen LogP contribution in [0.3, 0.4) is 0 Å². The molecule has 0 amide bonds. The Bertz CT molecular complexity index is 519. The quantitative estimate of drug-likeness (QED) is 0.793. The number of nitrogens with zero attached hydrogens (tertiary/aromatic N) is 1. The van der Waals surface area contributed by atoms with E-state index in [-0.39, 0.29) is 5.60 Å². The number of fused-ring (bicyclic) bond motifs is 1. The Labute approximate surface area is 110 Å². The first-order valence-electron chi connectivity index (χ1n) is 6.72. The molecular formula is C16H23NO. The SMILES string of the molecule is CCc1cccc2ccn(CCOC(C)(C)C)c12. The second-order valence-electron chi connectivity index (χ2n) is 5.68. The van der Waals surface area contributed by atoms with Crippen molar-refractivity contribution in [3.05, 3.63) is 36.0 Å². The molecule has 2 nitrogen and oxygen atoms in total. The zero-order chi connectivity index (χ0) is 13.2. The van der Waals surface area contributed by atoms with Crippen molar-refractivity contribution in [2.45, 2.75) is 46.3 Å². The van der Waals surface area contributed by atoms with Crippen LogP contribution < -0.4 is 0 Å². The van der Waals surface area contributed by atoms with E-state index >= 15 is 0 Å². The number of benzene rings is 1. The second-order valence-corrected chi connectivity index (χ2v) is 5.68. The molecular weight excluding hydrogens is 222 g/mol. The van der Waals surface area contributed by atoms with E-state index in [0.29, 0.717) is 0 Å². The van der Waals surface area contributed by atoms with E-state index in [1.807, 2.05) is 0 Å². The highest BCUT2D eigenvalue weighted by molar-refractivity contribution is 5.83. The average molecular weight is 245 g/mol. The monoisotopic (exact) mass is 245 g/mol. The van der Waals surface area contributed by atoms with Gasteiger partial charge in [0, 0.05) is 12.7 Å². The summed E-state index contributed by atoms with van der Waals surface area (Å²) in [7, 11) is 0. The molecule has 2 aromatic rings. The maximum absolute atomic E-state index is 5.80. The molecule has 0 saturated carbocycles. The molecule has 0 atom stereocenters. The minimum atomic E-state index is -0.0590. The molecule has 0 aliphatic heterocycles. The first-order valence-corrected chi connectivity index (χ1v) is 6.72. The molecule has 0 unspecified atom stereocenters. The van der Waals surface area contributed by atoms with Gasteiger partial charge in [0.2, 0.25) is 0 Å². The topological polar surface area (TPSA) is 14.2 Å². The molecule has 2 heteroatoms. The summed E-state index contributed by atoms with van der Waals surface area (Å²) in [5.74, 6) is 0. The standard InChI is InChI=1S/C16H23NO/c1-5-13-7-6-8-14-9-10-17(15(13)14)11-12-18-16(2,3)4/h6-10H,5,11-12H2,1-4H3. The van der Waals surface area contributed by atoms with Crippen molar-refractivity contribution in [2.24, 2.45) is 0 Å². The number of ether oxygens (including phenoxy) is 1. The van der Waals surface area contributed by atoms with Crippen molar-refractivity contribution in [3.63, 3.8) is 0 Å². The normalized spacial score (nSPS) is 12.2. The van der Waals surface area contributed by atoms with Crippen molar-refractivity contribution in [1.29, 1.82) is 0 Å². The molecule has 0 radical (unpaired) electrons. The number of hydrogen-bond acceptors (Lipinski definition) is 1. The first-order chi connectivity index (χ1) is 8.51. The molecule has 2 rings (SSSR count). The van der Waals surface area contributed by atoms with Gasteiger partial charge in [0.25, 0.3) is 0 Å². The predicted octanol–water partition coefficient (Wildman–Crippen LogP) is 4.02.